The van der Waals surface area contributed by atoms with Crippen LogP contribution < -0.4 is 15.6 Å². The van der Waals surface area contributed by atoms with Crippen molar-refractivity contribution in [1.29, 1.82) is 0 Å². The van der Waals surface area contributed by atoms with Gasteiger partial charge in [0.15, 0.2) is 10.6 Å². The summed E-state index contributed by atoms with van der Waals surface area (Å²) < 4.78 is 11.6. The molecule has 0 saturated heterocycles. The van der Waals surface area contributed by atoms with Gasteiger partial charge < -0.3 is 19.6 Å². The number of rotatable bonds is 7. The molecule has 3 heterocycles. The largest absolute Gasteiger partial charge is 0.497 e. The summed E-state index contributed by atoms with van der Waals surface area (Å²) in [4.78, 5) is 9.14. The zero-order valence-corrected chi connectivity index (χ0v) is 21.8. The van der Waals surface area contributed by atoms with E-state index in [0.29, 0.717) is 49.7 Å². The molecule has 0 unspecified atom stereocenters. The highest BCUT2D eigenvalue weighted by atomic mass is 32.1. The van der Waals surface area contributed by atoms with E-state index < -0.39 is 0 Å². The molecule has 0 aliphatic carbocycles. The van der Waals surface area contributed by atoms with Gasteiger partial charge in [-0.1, -0.05) is 37.3 Å². The second-order valence-corrected chi connectivity index (χ2v) is 9.84. The molecule has 5 aromatic rings. The molecule has 2 aromatic carbocycles. The van der Waals surface area contributed by atoms with Gasteiger partial charge >= 0.3 is 0 Å². The van der Waals surface area contributed by atoms with Crippen molar-refractivity contribution >= 4 is 38.8 Å². The molecule has 5 rings (SSSR count). The molecule has 8 nitrogen and oxygen atoms in total. The number of aliphatic hydroxyl groups excluding tert-OH is 1. The van der Waals surface area contributed by atoms with Crippen LogP contribution in [0.15, 0.2) is 70.2 Å². The lowest BCUT2D eigenvalue weighted by Gasteiger charge is -2.08. The fourth-order valence-electron chi connectivity index (χ4n) is 3.88. The topological polar surface area (TPSA) is 106 Å². The minimum atomic E-state index is -0.164. The number of hydrogen-bond donors (Lipinski definition) is 2. The van der Waals surface area contributed by atoms with Crippen LogP contribution >= 0.6 is 11.3 Å². The third-order valence-electron chi connectivity index (χ3n) is 6.01. The Bertz CT molecular complexity index is 1610. The Morgan fingerprint density at radius 1 is 1.08 bits per heavy atom. The van der Waals surface area contributed by atoms with Gasteiger partial charge in [0, 0.05) is 22.8 Å². The number of benzene rings is 2. The van der Waals surface area contributed by atoms with E-state index in [1.54, 1.807) is 13.3 Å². The van der Waals surface area contributed by atoms with Crippen molar-refractivity contribution in [3.05, 3.63) is 83.2 Å². The smallest absolute Gasteiger partial charge is 0.230 e. The van der Waals surface area contributed by atoms with Crippen molar-refractivity contribution in [3.63, 3.8) is 0 Å². The Kier molecular flexibility index (Phi) is 6.98. The minimum Gasteiger partial charge on any atom is -0.497 e. The lowest BCUT2D eigenvalue weighted by molar-refractivity contribution is 0.282. The Labute approximate surface area is 218 Å². The maximum atomic E-state index is 9.91. The quantitative estimate of drug-likeness (QED) is 0.265. The van der Waals surface area contributed by atoms with Gasteiger partial charge in [0.05, 0.1) is 30.7 Å². The maximum Gasteiger partial charge on any atom is 0.230 e. The molecule has 0 fully saturated rings. The number of nitrogens with zero attached hydrogens (tertiary/aromatic N) is 4. The number of anilines is 2. The van der Waals surface area contributed by atoms with Crippen molar-refractivity contribution < 1.29 is 14.3 Å². The van der Waals surface area contributed by atoms with E-state index in [4.69, 9.17) is 14.1 Å². The van der Waals surface area contributed by atoms with E-state index in [9.17, 15) is 5.11 Å². The number of fused-ring (bicyclic) bond motifs is 1. The molecule has 0 aliphatic rings. The first kappa shape index (κ1) is 24.6. The summed E-state index contributed by atoms with van der Waals surface area (Å²) in [6.07, 6.45) is 1.66. The average molecular weight is 514 g/mol. The van der Waals surface area contributed by atoms with E-state index in [2.05, 4.69) is 46.5 Å². The summed E-state index contributed by atoms with van der Waals surface area (Å²) >= 11 is 1.40. The fraction of sp³-hybridized carbons (Fsp3) is 0.214. The summed E-state index contributed by atoms with van der Waals surface area (Å²) in [7, 11) is 1.62. The van der Waals surface area contributed by atoms with E-state index in [1.165, 1.54) is 16.9 Å². The van der Waals surface area contributed by atoms with E-state index in [-0.39, 0.29) is 6.61 Å². The number of aliphatic hydroxyl groups is 1. The highest BCUT2D eigenvalue weighted by Gasteiger charge is 2.16. The molecular weight excluding hydrogens is 486 g/mol. The van der Waals surface area contributed by atoms with Crippen LogP contribution in [-0.2, 0) is 6.61 Å². The predicted octanol–water partition coefficient (Wildman–Crippen LogP) is 6.26. The highest BCUT2D eigenvalue weighted by molar-refractivity contribution is 7.18. The minimum absolute atomic E-state index is 0.164. The molecule has 0 aliphatic heterocycles. The van der Waals surface area contributed by atoms with Crippen LogP contribution in [0.5, 0.6) is 5.75 Å². The standard InChI is InChI=1S/C28H27N5O3S/c1-16(2)18-5-7-21(8-6-18)31-28-33-32-27(37-28)24-13-23-19(15-34)14-29-17(3)25(23)36-26(24)30-20-9-11-22(35-4)12-10-20/h5-14,16,34H,15H2,1-4H3,(H,31,33). The van der Waals surface area contributed by atoms with Crippen LogP contribution in [-0.4, -0.2) is 27.4 Å². The van der Waals surface area contributed by atoms with Gasteiger partial charge in [0.2, 0.25) is 10.7 Å². The number of ether oxygens (including phenoxy) is 1. The second-order valence-electron chi connectivity index (χ2n) is 8.86. The molecule has 0 spiro atoms. The Balaban J connectivity index is 1.60. The van der Waals surface area contributed by atoms with Crippen LogP contribution in [0, 0.1) is 6.92 Å². The van der Waals surface area contributed by atoms with Gasteiger partial charge in [0.1, 0.15) is 5.75 Å². The number of aromatic nitrogens is 3. The van der Waals surface area contributed by atoms with Crippen LogP contribution in [0.25, 0.3) is 21.5 Å². The van der Waals surface area contributed by atoms with E-state index >= 15 is 0 Å². The van der Waals surface area contributed by atoms with Gasteiger partial charge in [-0.15, -0.1) is 10.2 Å². The Hall–Kier alpha value is -4.08. The van der Waals surface area contributed by atoms with Crippen molar-refractivity contribution in [3.8, 4) is 16.3 Å². The fourth-order valence-corrected chi connectivity index (χ4v) is 4.65. The van der Waals surface area contributed by atoms with Crippen molar-refractivity contribution in [2.75, 3.05) is 12.4 Å². The molecule has 0 bridgehead atoms. The molecule has 3 aromatic heterocycles. The van der Waals surface area contributed by atoms with Crippen LogP contribution in [0.1, 0.15) is 36.6 Å². The lowest BCUT2D eigenvalue weighted by atomic mass is 10.0. The summed E-state index contributed by atoms with van der Waals surface area (Å²) in [6.45, 7) is 6.04. The average Bonchev–Trinajstić information content (AvgIpc) is 3.38. The Morgan fingerprint density at radius 2 is 1.84 bits per heavy atom. The van der Waals surface area contributed by atoms with Crippen molar-refractivity contribution in [2.45, 2.75) is 33.3 Å². The Morgan fingerprint density at radius 3 is 2.51 bits per heavy atom. The van der Waals surface area contributed by atoms with Crippen LogP contribution in [0.2, 0.25) is 0 Å². The van der Waals surface area contributed by atoms with Crippen LogP contribution in [0.4, 0.5) is 16.5 Å². The molecule has 0 radical (unpaired) electrons. The zero-order valence-electron chi connectivity index (χ0n) is 21.0. The number of nitrogens with one attached hydrogen (secondary N) is 1. The third kappa shape index (κ3) is 5.23. The molecule has 2 N–H and O–H groups in total. The maximum absolute atomic E-state index is 9.91. The summed E-state index contributed by atoms with van der Waals surface area (Å²) in [5.74, 6) is 1.21. The molecular formula is C28H27N5O3S. The molecule has 9 heteroatoms. The number of hydrogen-bond acceptors (Lipinski definition) is 9. The summed E-state index contributed by atoms with van der Waals surface area (Å²) in [6, 6.07) is 17.6. The van der Waals surface area contributed by atoms with Gasteiger partial charge in [-0.25, -0.2) is 4.99 Å². The lowest BCUT2D eigenvalue weighted by Crippen LogP contribution is -2.07. The molecule has 0 amide bonds. The molecule has 0 saturated carbocycles. The van der Waals surface area contributed by atoms with Crippen LogP contribution in [0.3, 0.4) is 0 Å². The van der Waals surface area contributed by atoms with Gasteiger partial charge in [-0.2, -0.15) is 0 Å². The van der Waals surface area contributed by atoms with E-state index in [0.717, 1.165) is 16.8 Å². The van der Waals surface area contributed by atoms with Crippen molar-refractivity contribution in [1.82, 2.24) is 15.2 Å². The zero-order chi connectivity index (χ0) is 25.9. The SMILES string of the molecule is COc1ccc(N=c2oc3c(C)ncc(CO)c3cc2-c2nnc(Nc3ccc(C(C)C)cc3)s2)cc1. The number of methoxy groups -OCH3 is 1. The first-order valence-corrected chi connectivity index (χ1v) is 12.7. The monoisotopic (exact) mass is 513 g/mol. The molecule has 188 valence electrons. The van der Waals surface area contributed by atoms with Gasteiger partial charge in [0.25, 0.3) is 0 Å². The van der Waals surface area contributed by atoms with Crippen molar-refractivity contribution in [2.24, 2.45) is 4.99 Å². The molecule has 37 heavy (non-hydrogen) atoms. The number of aryl methyl sites for hydroxylation is 1. The van der Waals surface area contributed by atoms with Gasteiger partial charge in [-0.05, 0) is 60.9 Å². The highest BCUT2D eigenvalue weighted by Crippen LogP contribution is 2.31. The predicted molar refractivity (Wildman–Crippen MR) is 146 cm³/mol. The molecule has 0 atom stereocenters. The third-order valence-corrected chi connectivity index (χ3v) is 6.88. The first-order valence-electron chi connectivity index (χ1n) is 11.9. The normalized spacial score (nSPS) is 11.9. The van der Waals surface area contributed by atoms with E-state index in [1.807, 2.05) is 49.4 Å². The summed E-state index contributed by atoms with van der Waals surface area (Å²) in [5.41, 5.74) is 5.88. The number of pyridine rings is 1. The second kappa shape index (κ2) is 10.5. The first-order chi connectivity index (χ1) is 17.9. The summed E-state index contributed by atoms with van der Waals surface area (Å²) in [5, 5.41) is 24.1. The van der Waals surface area contributed by atoms with Gasteiger partial charge in [-0.3, -0.25) is 4.98 Å².